The molecule has 0 spiro atoms. The zero-order valence-electron chi connectivity index (χ0n) is 8.76. The number of para-hydroxylation sites is 1. The van der Waals surface area contributed by atoms with Gasteiger partial charge in [0, 0.05) is 30.3 Å². The molecule has 3 heteroatoms. The molecule has 0 radical (unpaired) electrons. The van der Waals surface area contributed by atoms with Crippen molar-refractivity contribution in [2.45, 2.75) is 13.0 Å². The number of β-amino-alcohol motifs (C(OH)–C–C–N with tert-alkyl or cyclic N) is 1. The Morgan fingerprint density at radius 1 is 1.40 bits per heavy atom. The van der Waals surface area contributed by atoms with Crippen LogP contribution in [0.3, 0.4) is 0 Å². The summed E-state index contributed by atoms with van der Waals surface area (Å²) in [4.78, 5) is 12.9. The lowest BCUT2D eigenvalue weighted by Crippen LogP contribution is -2.22. The van der Waals surface area contributed by atoms with Gasteiger partial charge in [-0.25, -0.2) is 0 Å². The quantitative estimate of drug-likeness (QED) is 0.740. The Morgan fingerprint density at radius 3 is 2.73 bits per heavy atom. The van der Waals surface area contributed by atoms with Gasteiger partial charge in [-0.15, -0.1) is 0 Å². The molecule has 0 bridgehead atoms. The summed E-state index contributed by atoms with van der Waals surface area (Å²) >= 11 is 0. The monoisotopic (exact) mass is 205 g/mol. The molecule has 1 fully saturated rings. The topological polar surface area (TPSA) is 40.5 Å². The maximum Gasteiger partial charge on any atom is 0.152 e. The maximum absolute atomic E-state index is 10.9. The highest BCUT2D eigenvalue weighted by molar-refractivity contribution is 5.84. The number of aldehydes is 1. The zero-order valence-corrected chi connectivity index (χ0v) is 8.76. The van der Waals surface area contributed by atoms with Gasteiger partial charge in [0.2, 0.25) is 0 Å². The fourth-order valence-corrected chi connectivity index (χ4v) is 2.02. The van der Waals surface area contributed by atoms with Crippen LogP contribution in [-0.2, 0) is 0 Å². The number of aliphatic hydroxyl groups is 1. The van der Waals surface area contributed by atoms with Crippen molar-refractivity contribution in [1.29, 1.82) is 0 Å². The van der Waals surface area contributed by atoms with Crippen molar-refractivity contribution in [3.63, 3.8) is 0 Å². The van der Waals surface area contributed by atoms with Gasteiger partial charge in [0.25, 0.3) is 0 Å². The van der Waals surface area contributed by atoms with Crippen molar-refractivity contribution in [2.75, 3.05) is 18.0 Å². The molecule has 3 nitrogen and oxygen atoms in total. The van der Waals surface area contributed by atoms with Gasteiger partial charge in [-0.3, -0.25) is 4.79 Å². The minimum absolute atomic E-state index is 0.268. The summed E-state index contributed by atoms with van der Waals surface area (Å²) in [5.74, 6) is 0.268. The number of nitrogens with zero attached hydrogens (tertiary/aromatic N) is 1. The Labute approximate surface area is 89.3 Å². The molecule has 1 aromatic carbocycles. The van der Waals surface area contributed by atoms with Crippen LogP contribution in [0.25, 0.3) is 0 Å². The van der Waals surface area contributed by atoms with E-state index in [1.54, 1.807) is 6.07 Å². The molecule has 1 heterocycles. The first kappa shape index (κ1) is 10.2. The molecule has 2 unspecified atom stereocenters. The molecule has 15 heavy (non-hydrogen) atoms. The first-order valence-corrected chi connectivity index (χ1v) is 5.19. The van der Waals surface area contributed by atoms with Crippen LogP contribution in [0.1, 0.15) is 17.3 Å². The Kier molecular flexibility index (Phi) is 2.73. The summed E-state index contributed by atoms with van der Waals surface area (Å²) in [5.41, 5.74) is 1.62. The molecule has 2 rings (SSSR count). The minimum atomic E-state index is -0.287. The normalized spacial score (nSPS) is 25.6. The number of aliphatic hydroxyl groups excluding tert-OH is 1. The van der Waals surface area contributed by atoms with E-state index in [-0.39, 0.29) is 12.0 Å². The van der Waals surface area contributed by atoms with Gasteiger partial charge < -0.3 is 10.0 Å². The molecule has 1 aliphatic heterocycles. The lowest BCUT2D eigenvalue weighted by molar-refractivity contribution is 0.112. The van der Waals surface area contributed by atoms with Crippen molar-refractivity contribution in [2.24, 2.45) is 5.92 Å². The summed E-state index contributed by atoms with van der Waals surface area (Å²) < 4.78 is 0. The summed E-state index contributed by atoms with van der Waals surface area (Å²) in [7, 11) is 0. The molecule has 0 amide bonds. The van der Waals surface area contributed by atoms with Gasteiger partial charge >= 0.3 is 0 Å². The SMILES string of the molecule is CC1CN(c2ccccc2C=O)CC1O. The van der Waals surface area contributed by atoms with Crippen molar-refractivity contribution in [1.82, 2.24) is 0 Å². The predicted molar refractivity (Wildman–Crippen MR) is 59.2 cm³/mol. The van der Waals surface area contributed by atoms with Crippen molar-refractivity contribution < 1.29 is 9.90 Å². The largest absolute Gasteiger partial charge is 0.391 e. The second kappa shape index (κ2) is 4.03. The Bertz CT molecular complexity index is 354. The summed E-state index contributed by atoms with van der Waals surface area (Å²) in [6.45, 7) is 3.45. The number of rotatable bonds is 2. The molecule has 1 aliphatic rings. The maximum atomic E-state index is 10.9. The van der Waals surface area contributed by atoms with Gasteiger partial charge in [-0.1, -0.05) is 19.1 Å². The summed E-state index contributed by atoms with van der Waals surface area (Å²) in [6, 6.07) is 7.49. The zero-order chi connectivity index (χ0) is 10.8. The Balaban J connectivity index is 2.27. The van der Waals surface area contributed by atoms with Crippen LogP contribution in [0, 0.1) is 5.92 Å². The standard InChI is InChI=1S/C12H15NO2/c1-9-6-13(7-12(9)15)11-5-3-2-4-10(11)8-14/h2-5,8-9,12,15H,6-7H2,1H3. The van der Waals surface area contributed by atoms with Crippen LogP contribution in [0.15, 0.2) is 24.3 Å². The number of carbonyl (C=O) groups is 1. The second-order valence-electron chi connectivity index (χ2n) is 4.13. The highest BCUT2D eigenvalue weighted by Crippen LogP contribution is 2.26. The van der Waals surface area contributed by atoms with Crippen LogP contribution in [0.4, 0.5) is 5.69 Å². The molecule has 1 aromatic rings. The van der Waals surface area contributed by atoms with E-state index in [4.69, 9.17) is 0 Å². The van der Waals surface area contributed by atoms with E-state index in [0.29, 0.717) is 12.1 Å². The van der Waals surface area contributed by atoms with Crippen LogP contribution in [0.5, 0.6) is 0 Å². The van der Waals surface area contributed by atoms with E-state index in [9.17, 15) is 9.90 Å². The van der Waals surface area contributed by atoms with Gasteiger partial charge in [-0.2, -0.15) is 0 Å². The molecule has 2 atom stereocenters. The first-order valence-electron chi connectivity index (χ1n) is 5.19. The highest BCUT2D eigenvalue weighted by Gasteiger charge is 2.28. The molecule has 1 N–H and O–H groups in total. The summed E-state index contributed by atoms with van der Waals surface area (Å²) in [6.07, 6.45) is 0.578. The van der Waals surface area contributed by atoms with E-state index in [2.05, 4.69) is 4.90 Å². The number of hydrogen-bond acceptors (Lipinski definition) is 3. The highest BCUT2D eigenvalue weighted by atomic mass is 16.3. The molecule has 0 aromatic heterocycles. The fourth-order valence-electron chi connectivity index (χ4n) is 2.02. The van der Waals surface area contributed by atoms with E-state index < -0.39 is 0 Å². The fraction of sp³-hybridized carbons (Fsp3) is 0.417. The first-order chi connectivity index (χ1) is 7.22. The van der Waals surface area contributed by atoms with Crippen molar-refractivity contribution in [3.8, 4) is 0 Å². The van der Waals surface area contributed by atoms with Crippen LogP contribution in [0.2, 0.25) is 0 Å². The van der Waals surface area contributed by atoms with Crippen LogP contribution >= 0.6 is 0 Å². The third kappa shape index (κ3) is 1.88. The number of anilines is 1. The van der Waals surface area contributed by atoms with E-state index in [0.717, 1.165) is 18.5 Å². The molecular weight excluding hydrogens is 190 g/mol. The van der Waals surface area contributed by atoms with E-state index >= 15 is 0 Å². The Hall–Kier alpha value is -1.35. The van der Waals surface area contributed by atoms with E-state index in [1.165, 1.54) is 0 Å². The molecule has 1 saturated heterocycles. The van der Waals surface area contributed by atoms with Gasteiger partial charge in [0.1, 0.15) is 0 Å². The molecule has 80 valence electrons. The number of carbonyl (C=O) groups excluding carboxylic acids is 1. The third-order valence-corrected chi connectivity index (χ3v) is 2.98. The number of hydrogen-bond donors (Lipinski definition) is 1. The molecule has 0 saturated carbocycles. The smallest absolute Gasteiger partial charge is 0.152 e. The third-order valence-electron chi connectivity index (χ3n) is 2.98. The number of benzene rings is 1. The van der Waals surface area contributed by atoms with Gasteiger partial charge in [0.15, 0.2) is 6.29 Å². The van der Waals surface area contributed by atoms with Gasteiger partial charge in [0.05, 0.1) is 6.10 Å². The lowest BCUT2D eigenvalue weighted by Gasteiger charge is -2.19. The molecular formula is C12H15NO2. The predicted octanol–water partition coefficient (Wildman–Crippen LogP) is 1.32. The minimum Gasteiger partial charge on any atom is -0.391 e. The average molecular weight is 205 g/mol. The van der Waals surface area contributed by atoms with E-state index in [1.807, 2.05) is 25.1 Å². The average Bonchev–Trinajstić information content (AvgIpc) is 2.59. The Morgan fingerprint density at radius 2 is 2.13 bits per heavy atom. The van der Waals surface area contributed by atoms with Crippen molar-refractivity contribution >= 4 is 12.0 Å². The second-order valence-corrected chi connectivity index (χ2v) is 4.13. The van der Waals surface area contributed by atoms with Gasteiger partial charge in [-0.05, 0) is 12.1 Å². The van der Waals surface area contributed by atoms with Crippen LogP contribution in [-0.4, -0.2) is 30.6 Å². The van der Waals surface area contributed by atoms with Crippen molar-refractivity contribution in [3.05, 3.63) is 29.8 Å². The lowest BCUT2D eigenvalue weighted by atomic mass is 10.1. The van der Waals surface area contributed by atoms with Crippen LogP contribution < -0.4 is 4.90 Å². The summed E-state index contributed by atoms with van der Waals surface area (Å²) in [5, 5.41) is 9.66. The molecule has 0 aliphatic carbocycles.